The van der Waals surface area contributed by atoms with Gasteiger partial charge < -0.3 is 9.15 Å². The van der Waals surface area contributed by atoms with E-state index in [1.165, 1.54) is 6.92 Å². The van der Waals surface area contributed by atoms with Gasteiger partial charge in [-0.2, -0.15) is 0 Å². The zero-order valence-electron chi connectivity index (χ0n) is 10.2. The molecule has 17 heavy (non-hydrogen) atoms. The van der Waals surface area contributed by atoms with Gasteiger partial charge in [0, 0.05) is 25.1 Å². The number of ether oxygens (including phenoxy) is 1. The summed E-state index contributed by atoms with van der Waals surface area (Å²) in [5.41, 5.74) is 0. The van der Waals surface area contributed by atoms with E-state index in [1.807, 2.05) is 12.1 Å². The fourth-order valence-electron chi connectivity index (χ4n) is 1.55. The summed E-state index contributed by atoms with van der Waals surface area (Å²) in [6, 6.07) is 4.08. The molecule has 1 aromatic rings. The van der Waals surface area contributed by atoms with Crippen LogP contribution in [0.2, 0.25) is 0 Å². The molecule has 0 bridgehead atoms. The normalized spacial score (nSPS) is 10.5. The van der Waals surface area contributed by atoms with Crippen LogP contribution >= 0.6 is 15.9 Å². The van der Waals surface area contributed by atoms with Crippen molar-refractivity contribution >= 4 is 21.9 Å². The Morgan fingerprint density at radius 1 is 1.24 bits per heavy atom. The molecule has 0 aliphatic heterocycles. The summed E-state index contributed by atoms with van der Waals surface area (Å²) in [4.78, 5) is 10.5. The molecular weight excluding hydrogens is 284 g/mol. The highest BCUT2D eigenvalue weighted by Crippen LogP contribution is 2.13. The van der Waals surface area contributed by atoms with E-state index >= 15 is 0 Å². The molecule has 0 aliphatic carbocycles. The second-order valence-electron chi connectivity index (χ2n) is 3.96. The van der Waals surface area contributed by atoms with Crippen LogP contribution in [0.1, 0.15) is 37.7 Å². The van der Waals surface area contributed by atoms with Crippen LogP contribution in [0.15, 0.2) is 16.5 Å². The van der Waals surface area contributed by atoms with Crippen molar-refractivity contribution in [2.75, 3.05) is 11.9 Å². The SMILES string of the molecule is CC(=O)OCCCCc1ccc(CCCBr)o1. The van der Waals surface area contributed by atoms with E-state index in [1.54, 1.807) is 0 Å². The predicted molar refractivity (Wildman–Crippen MR) is 70.4 cm³/mol. The first-order valence-electron chi connectivity index (χ1n) is 5.99. The van der Waals surface area contributed by atoms with Gasteiger partial charge in [-0.15, -0.1) is 0 Å². The van der Waals surface area contributed by atoms with Crippen LogP contribution in [0.4, 0.5) is 0 Å². The van der Waals surface area contributed by atoms with Gasteiger partial charge in [-0.3, -0.25) is 4.79 Å². The Balaban J connectivity index is 2.14. The zero-order chi connectivity index (χ0) is 12.5. The summed E-state index contributed by atoms with van der Waals surface area (Å²) in [6.45, 7) is 1.94. The Labute approximate surface area is 111 Å². The van der Waals surface area contributed by atoms with Crippen molar-refractivity contribution in [3.63, 3.8) is 0 Å². The Kier molecular flexibility index (Phi) is 7.01. The lowest BCUT2D eigenvalue weighted by atomic mass is 10.2. The number of rotatable bonds is 8. The van der Waals surface area contributed by atoms with E-state index in [9.17, 15) is 4.79 Å². The summed E-state index contributed by atoms with van der Waals surface area (Å²) in [5, 5.41) is 1.01. The van der Waals surface area contributed by atoms with Crippen molar-refractivity contribution in [2.24, 2.45) is 0 Å². The largest absolute Gasteiger partial charge is 0.466 e. The first-order chi connectivity index (χ1) is 8.22. The van der Waals surface area contributed by atoms with E-state index in [0.717, 1.165) is 49.0 Å². The van der Waals surface area contributed by atoms with Crippen LogP contribution in [0.25, 0.3) is 0 Å². The van der Waals surface area contributed by atoms with Crippen molar-refractivity contribution in [1.29, 1.82) is 0 Å². The number of aryl methyl sites for hydroxylation is 2. The van der Waals surface area contributed by atoms with Crippen LogP contribution in [0.3, 0.4) is 0 Å². The lowest BCUT2D eigenvalue weighted by molar-refractivity contribution is -0.141. The summed E-state index contributed by atoms with van der Waals surface area (Å²) in [5.74, 6) is 1.87. The third-order valence-electron chi connectivity index (χ3n) is 2.40. The average Bonchev–Trinajstić information content (AvgIpc) is 2.73. The molecule has 0 saturated heterocycles. The Morgan fingerprint density at radius 2 is 1.88 bits per heavy atom. The highest BCUT2D eigenvalue weighted by Gasteiger charge is 2.02. The summed E-state index contributed by atoms with van der Waals surface area (Å²) in [7, 11) is 0. The van der Waals surface area contributed by atoms with Crippen LogP contribution in [0.5, 0.6) is 0 Å². The molecule has 1 aromatic heterocycles. The summed E-state index contributed by atoms with van der Waals surface area (Å²) >= 11 is 3.40. The fourth-order valence-corrected chi connectivity index (χ4v) is 1.83. The van der Waals surface area contributed by atoms with Crippen molar-refractivity contribution in [2.45, 2.75) is 39.0 Å². The van der Waals surface area contributed by atoms with Gasteiger partial charge in [0.1, 0.15) is 11.5 Å². The summed E-state index contributed by atoms with van der Waals surface area (Å²) < 4.78 is 10.5. The molecule has 0 N–H and O–H groups in total. The molecule has 0 spiro atoms. The van der Waals surface area contributed by atoms with Crippen molar-refractivity contribution in [3.05, 3.63) is 23.7 Å². The van der Waals surface area contributed by atoms with Gasteiger partial charge in [-0.1, -0.05) is 15.9 Å². The van der Waals surface area contributed by atoms with Gasteiger partial charge in [0.15, 0.2) is 0 Å². The molecule has 0 radical (unpaired) electrons. The minimum Gasteiger partial charge on any atom is -0.466 e. The Morgan fingerprint density at radius 3 is 2.47 bits per heavy atom. The van der Waals surface area contributed by atoms with E-state index in [0.29, 0.717) is 6.61 Å². The molecule has 1 heterocycles. The molecule has 3 nitrogen and oxygen atoms in total. The van der Waals surface area contributed by atoms with Crippen LogP contribution < -0.4 is 0 Å². The molecule has 0 aromatic carbocycles. The van der Waals surface area contributed by atoms with E-state index in [2.05, 4.69) is 15.9 Å². The molecule has 1 rings (SSSR count). The molecule has 96 valence electrons. The molecule has 0 amide bonds. The topological polar surface area (TPSA) is 39.4 Å². The van der Waals surface area contributed by atoms with Crippen molar-refractivity contribution in [1.82, 2.24) is 0 Å². The van der Waals surface area contributed by atoms with Gasteiger partial charge in [-0.25, -0.2) is 0 Å². The quantitative estimate of drug-likeness (QED) is 0.419. The second-order valence-corrected chi connectivity index (χ2v) is 4.75. The molecule has 4 heteroatoms. The van der Waals surface area contributed by atoms with E-state index in [4.69, 9.17) is 9.15 Å². The predicted octanol–water partition coefficient (Wildman–Crippen LogP) is 3.49. The van der Waals surface area contributed by atoms with E-state index < -0.39 is 0 Å². The number of hydrogen-bond acceptors (Lipinski definition) is 3. The minimum atomic E-state index is -0.208. The summed E-state index contributed by atoms with van der Waals surface area (Å²) in [6.07, 6.45) is 4.86. The molecule has 0 saturated carbocycles. The number of unbranched alkanes of at least 4 members (excludes halogenated alkanes) is 1. The Hall–Kier alpha value is -0.770. The monoisotopic (exact) mass is 302 g/mol. The number of furan rings is 1. The Bertz CT molecular complexity index is 333. The van der Waals surface area contributed by atoms with Crippen molar-refractivity contribution in [3.8, 4) is 0 Å². The lowest BCUT2D eigenvalue weighted by Gasteiger charge is -2.00. The number of halogens is 1. The van der Waals surface area contributed by atoms with Gasteiger partial charge in [0.05, 0.1) is 6.61 Å². The maximum atomic E-state index is 10.5. The van der Waals surface area contributed by atoms with E-state index in [-0.39, 0.29) is 5.97 Å². The third kappa shape index (κ3) is 6.51. The number of alkyl halides is 1. The number of esters is 1. The third-order valence-corrected chi connectivity index (χ3v) is 2.96. The lowest BCUT2D eigenvalue weighted by Crippen LogP contribution is -2.00. The van der Waals surface area contributed by atoms with Crippen LogP contribution in [-0.4, -0.2) is 17.9 Å². The average molecular weight is 303 g/mol. The molecule has 0 atom stereocenters. The molecule has 0 aliphatic rings. The standard InChI is InChI=1S/C13H19BrO3/c1-11(15)16-10-3-2-5-12-7-8-13(17-12)6-4-9-14/h7-8H,2-6,9-10H2,1H3. The fraction of sp³-hybridized carbons (Fsp3) is 0.615. The maximum Gasteiger partial charge on any atom is 0.302 e. The smallest absolute Gasteiger partial charge is 0.302 e. The van der Waals surface area contributed by atoms with Crippen molar-refractivity contribution < 1.29 is 13.9 Å². The molecule has 0 fully saturated rings. The first kappa shape index (κ1) is 14.3. The highest BCUT2D eigenvalue weighted by molar-refractivity contribution is 9.09. The first-order valence-corrected chi connectivity index (χ1v) is 7.11. The second kappa shape index (κ2) is 8.34. The maximum absolute atomic E-state index is 10.5. The van der Waals surface area contributed by atoms with Crippen LogP contribution in [0, 0.1) is 0 Å². The number of carbonyl (C=O) groups is 1. The highest BCUT2D eigenvalue weighted by atomic mass is 79.9. The van der Waals surface area contributed by atoms with Gasteiger partial charge in [0.25, 0.3) is 0 Å². The van der Waals surface area contributed by atoms with Gasteiger partial charge >= 0.3 is 5.97 Å². The van der Waals surface area contributed by atoms with Gasteiger partial charge in [0.2, 0.25) is 0 Å². The zero-order valence-corrected chi connectivity index (χ0v) is 11.8. The minimum absolute atomic E-state index is 0.208. The van der Waals surface area contributed by atoms with Gasteiger partial charge in [-0.05, 0) is 31.4 Å². The number of hydrogen-bond donors (Lipinski definition) is 0. The molecular formula is C13H19BrO3. The molecule has 0 unspecified atom stereocenters. The number of carbonyl (C=O) groups excluding carboxylic acids is 1. The van der Waals surface area contributed by atoms with Crippen LogP contribution in [-0.2, 0) is 22.4 Å².